The fraction of sp³-hybridized carbons (Fsp3) is 0.450. The molecule has 2 amide bonds. The van der Waals surface area contributed by atoms with Crippen LogP contribution in [0.3, 0.4) is 0 Å². The molecule has 35 heavy (non-hydrogen) atoms. The zero-order chi connectivity index (χ0) is 25.1. The van der Waals surface area contributed by atoms with Crippen molar-refractivity contribution in [2.24, 2.45) is 26.6 Å². The number of oxime groups is 1. The highest BCUT2D eigenvalue weighted by molar-refractivity contribution is 5.87. The van der Waals surface area contributed by atoms with Crippen LogP contribution in [0.5, 0.6) is 0 Å². The van der Waals surface area contributed by atoms with E-state index in [0.29, 0.717) is 0 Å². The van der Waals surface area contributed by atoms with Gasteiger partial charge in [0.15, 0.2) is 24.2 Å². The van der Waals surface area contributed by atoms with Crippen molar-refractivity contribution in [1.29, 1.82) is 0 Å². The lowest BCUT2D eigenvalue weighted by Gasteiger charge is -2.48. The number of carbonyl (C=O) groups is 2. The first-order chi connectivity index (χ1) is 16.7. The first-order valence-electron chi connectivity index (χ1n) is 10.8. The van der Waals surface area contributed by atoms with Gasteiger partial charge >= 0.3 is 6.09 Å². The Hall–Kier alpha value is -4.11. The number of nitrogens with zero attached hydrogens (tertiary/aromatic N) is 4. The minimum atomic E-state index is -2.19. The number of nitrogens with one attached hydrogen (secondary N) is 3. The summed E-state index contributed by atoms with van der Waals surface area (Å²) in [7, 11) is 0. The highest BCUT2D eigenvalue weighted by Crippen LogP contribution is 2.44. The number of rotatable bonds is 8. The molecule has 9 N–H and O–H groups in total. The maximum absolute atomic E-state index is 12.1. The van der Waals surface area contributed by atoms with Crippen LogP contribution in [0.1, 0.15) is 12.0 Å². The molecule has 2 unspecified atom stereocenters. The average Bonchev–Trinajstić information content (AvgIpc) is 3.32. The predicted molar refractivity (Wildman–Crippen MR) is 123 cm³/mol. The van der Waals surface area contributed by atoms with Crippen LogP contribution in [-0.4, -0.2) is 95.2 Å². The van der Waals surface area contributed by atoms with E-state index in [9.17, 15) is 19.8 Å². The molecule has 1 aromatic rings. The van der Waals surface area contributed by atoms with Crippen molar-refractivity contribution < 1.29 is 29.4 Å². The van der Waals surface area contributed by atoms with Crippen LogP contribution in [0.15, 0.2) is 45.5 Å². The van der Waals surface area contributed by atoms with E-state index in [1.165, 1.54) is 11.1 Å². The van der Waals surface area contributed by atoms with Gasteiger partial charge in [-0.15, -0.1) is 0 Å². The summed E-state index contributed by atoms with van der Waals surface area (Å²) in [6, 6.07) is 7.51. The Bertz CT molecular complexity index is 1050. The fourth-order valence-corrected chi connectivity index (χ4v) is 4.27. The van der Waals surface area contributed by atoms with Gasteiger partial charge in [-0.25, -0.2) is 14.8 Å². The molecule has 4 rings (SSSR count). The number of aliphatic imine (C=N–C) groups is 2. The van der Waals surface area contributed by atoms with Crippen LogP contribution in [0.2, 0.25) is 0 Å². The number of guanidine groups is 2. The highest BCUT2D eigenvalue weighted by Gasteiger charge is 2.69. The summed E-state index contributed by atoms with van der Waals surface area (Å²) in [5.41, 5.74) is 11.2. The van der Waals surface area contributed by atoms with E-state index in [-0.39, 0.29) is 44.8 Å². The molecule has 15 nitrogen and oxygen atoms in total. The lowest BCUT2D eigenvalue weighted by atomic mass is 9.87. The minimum Gasteiger partial charge on any atom is -0.447 e. The molecule has 0 bridgehead atoms. The van der Waals surface area contributed by atoms with Crippen LogP contribution in [-0.2, 0) is 14.4 Å². The molecule has 15 heteroatoms. The van der Waals surface area contributed by atoms with E-state index in [2.05, 4.69) is 31.1 Å². The van der Waals surface area contributed by atoms with Crippen molar-refractivity contribution in [3.05, 3.63) is 35.9 Å². The molecular weight excluding hydrogens is 462 g/mol. The lowest BCUT2D eigenvalue weighted by molar-refractivity contribution is -0.221. The van der Waals surface area contributed by atoms with Gasteiger partial charge in [0.05, 0.1) is 12.9 Å². The Morgan fingerprint density at radius 3 is 2.80 bits per heavy atom. The molecule has 1 spiro atoms. The summed E-state index contributed by atoms with van der Waals surface area (Å²) in [4.78, 5) is 38.8. The van der Waals surface area contributed by atoms with Crippen molar-refractivity contribution >= 4 is 30.1 Å². The number of nitrogens with two attached hydrogens (primary N) is 2. The molecule has 3 atom stereocenters. The number of ether oxygens (including phenoxy) is 1. The van der Waals surface area contributed by atoms with E-state index >= 15 is 0 Å². The van der Waals surface area contributed by atoms with Gasteiger partial charge in [-0.05, 0) is 5.56 Å². The fourth-order valence-electron chi connectivity index (χ4n) is 4.27. The van der Waals surface area contributed by atoms with Crippen LogP contribution in [0.25, 0.3) is 0 Å². The largest absolute Gasteiger partial charge is 0.447 e. The van der Waals surface area contributed by atoms with E-state index in [1.54, 1.807) is 0 Å². The Morgan fingerprint density at radius 1 is 1.26 bits per heavy atom. The molecule has 188 valence electrons. The molecule has 0 aromatic heterocycles. The second-order valence-corrected chi connectivity index (χ2v) is 8.09. The maximum atomic E-state index is 12.1. The van der Waals surface area contributed by atoms with Gasteiger partial charge in [0, 0.05) is 13.0 Å². The van der Waals surface area contributed by atoms with Gasteiger partial charge in [-0.1, -0.05) is 35.5 Å². The molecule has 0 aliphatic carbocycles. The minimum absolute atomic E-state index is 0.00763. The Balaban J connectivity index is 1.22. The van der Waals surface area contributed by atoms with Crippen LogP contribution < -0.4 is 27.4 Å². The van der Waals surface area contributed by atoms with Crippen molar-refractivity contribution in [3.63, 3.8) is 0 Å². The number of hydrogen-bond donors (Lipinski definition) is 7. The number of aliphatic hydroxyl groups is 2. The number of alkyl carbamates (subject to hydrolysis) is 1. The summed E-state index contributed by atoms with van der Waals surface area (Å²) in [5.74, 6) is -2.67. The van der Waals surface area contributed by atoms with Gasteiger partial charge in [0.2, 0.25) is 5.79 Å². The van der Waals surface area contributed by atoms with E-state index < -0.39 is 35.5 Å². The number of benzene rings is 1. The maximum Gasteiger partial charge on any atom is 0.408 e. The first-order valence-corrected chi connectivity index (χ1v) is 10.8. The molecule has 0 saturated carbocycles. The number of carbonyl (C=O) groups excluding carboxylic acids is 2. The normalized spacial score (nSPS) is 26.2. The summed E-state index contributed by atoms with van der Waals surface area (Å²) in [6.45, 7) is -0.604. The van der Waals surface area contributed by atoms with Crippen LogP contribution in [0, 0.1) is 0 Å². The van der Waals surface area contributed by atoms with Gasteiger partial charge in [-0.2, -0.15) is 0 Å². The van der Waals surface area contributed by atoms with Gasteiger partial charge < -0.3 is 52.1 Å². The number of hydrogen-bond acceptors (Lipinski definition) is 13. The van der Waals surface area contributed by atoms with E-state index in [4.69, 9.17) is 21.0 Å². The zero-order valence-corrected chi connectivity index (χ0v) is 18.6. The van der Waals surface area contributed by atoms with Crippen molar-refractivity contribution in [2.45, 2.75) is 30.0 Å². The molecule has 3 heterocycles. The van der Waals surface area contributed by atoms with Crippen LogP contribution >= 0.6 is 0 Å². The zero-order valence-electron chi connectivity index (χ0n) is 18.6. The van der Waals surface area contributed by atoms with Gasteiger partial charge in [0.1, 0.15) is 18.7 Å². The van der Waals surface area contributed by atoms with E-state index in [0.717, 1.165) is 5.56 Å². The highest BCUT2D eigenvalue weighted by atomic mass is 16.6. The monoisotopic (exact) mass is 489 g/mol. The molecule has 3 aliphatic rings. The van der Waals surface area contributed by atoms with E-state index in [1.807, 2.05) is 30.3 Å². The summed E-state index contributed by atoms with van der Waals surface area (Å²) in [6.07, 6.45) is 0.616. The quantitative estimate of drug-likeness (QED) is 0.111. The number of amides is 2. The van der Waals surface area contributed by atoms with Crippen LogP contribution in [0.4, 0.5) is 4.79 Å². The molecule has 1 aromatic carbocycles. The SMILES string of the molecule is NC1=N[C@H]2C(COC(=O)NCNC(=O)CO/N=C/c3ccccc3)N=C(N)N3CCC(O)(O)C23N1. The third-order valence-corrected chi connectivity index (χ3v) is 5.86. The lowest BCUT2D eigenvalue weighted by Crippen LogP contribution is -2.76. The smallest absolute Gasteiger partial charge is 0.408 e. The average molecular weight is 489 g/mol. The molecule has 1 fully saturated rings. The summed E-state index contributed by atoms with van der Waals surface area (Å²) >= 11 is 0. The standard InChI is InChI=1S/C20H27N9O6/c21-16-27-15-13(26-17(22)29-7-6-19(32,33)20(15,29)28-16)9-34-18(31)24-11-23-14(30)10-35-25-8-12-4-2-1-3-5-12/h1-5,8,13,15,32-33H,6-7,9-11H2,(H2,22,26)(H,23,30)(H,24,31)(H3,21,27,28)/b25-8+/t13?,15-,20?/m0/s1. The second-order valence-electron chi connectivity index (χ2n) is 8.09. The predicted octanol–water partition coefficient (Wildman–Crippen LogP) is -3.10. The van der Waals surface area contributed by atoms with Crippen molar-refractivity contribution in [1.82, 2.24) is 20.9 Å². The molecule has 3 aliphatic heterocycles. The molecule has 1 saturated heterocycles. The second kappa shape index (κ2) is 9.63. The summed E-state index contributed by atoms with van der Waals surface area (Å²) < 4.78 is 5.18. The Morgan fingerprint density at radius 2 is 2.03 bits per heavy atom. The third-order valence-electron chi connectivity index (χ3n) is 5.86. The van der Waals surface area contributed by atoms with Gasteiger partial charge in [-0.3, -0.25) is 4.79 Å². The molecule has 0 radical (unpaired) electrons. The Labute approximate surface area is 199 Å². The Kier molecular flexibility index (Phi) is 6.61. The molecular formula is C20H27N9O6. The third kappa shape index (κ3) is 4.76. The first kappa shape index (κ1) is 24.0. The van der Waals surface area contributed by atoms with Crippen molar-refractivity contribution in [2.75, 3.05) is 26.4 Å². The van der Waals surface area contributed by atoms with Crippen molar-refractivity contribution in [3.8, 4) is 0 Å². The topological polar surface area (TPSA) is 222 Å². The van der Waals surface area contributed by atoms with Gasteiger partial charge in [0.25, 0.3) is 5.91 Å². The summed E-state index contributed by atoms with van der Waals surface area (Å²) in [5, 5.41) is 32.5.